The molecule has 10 heavy (non-hydrogen) atoms. The normalized spacial score (nSPS) is 11.4. The zero-order chi connectivity index (χ0) is 7.49. The average Bonchev–Trinajstić information content (AvgIpc) is 1.63. The number of rotatable bonds is 3. The van der Waals surface area contributed by atoms with Gasteiger partial charge in [-0.25, -0.2) is 0 Å². The van der Waals surface area contributed by atoms with Crippen molar-refractivity contribution >= 4 is 28.7 Å². The topological polar surface area (TPSA) is 50.0 Å². The van der Waals surface area contributed by atoms with E-state index in [2.05, 4.69) is 23.0 Å². The molecule has 0 fully saturated rings. The van der Waals surface area contributed by atoms with E-state index in [9.17, 15) is 0 Å². The summed E-state index contributed by atoms with van der Waals surface area (Å²) < 4.78 is 10.9. The van der Waals surface area contributed by atoms with Crippen LogP contribution in [0.25, 0.3) is 0 Å². The minimum absolute atomic E-state index is 0. The van der Waals surface area contributed by atoms with Crippen molar-refractivity contribution in [1.82, 2.24) is 0 Å². The molecule has 0 aliphatic heterocycles. The summed E-state index contributed by atoms with van der Waals surface area (Å²) in [6.07, 6.45) is 0. The maximum absolute atomic E-state index is 5.70. The molecule has 0 saturated carbocycles. The molecule has 0 aromatic carbocycles. The fraction of sp³-hybridized carbons (Fsp3) is 1.00. The van der Waals surface area contributed by atoms with E-state index in [1.54, 1.807) is 7.11 Å². The van der Waals surface area contributed by atoms with Crippen LogP contribution in [-0.4, -0.2) is 41.3 Å². The van der Waals surface area contributed by atoms with E-state index in [0.717, 1.165) is 0 Å². The fourth-order valence-electron chi connectivity index (χ4n) is 0.533. The largest absolute Gasteiger partial charge is 0.412 e. The molecule has 0 rings (SSSR count). The average molecular weight is 272 g/mol. The predicted molar refractivity (Wildman–Crippen MR) is 46.7 cm³/mol. The Hall–Kier alpha value is 0.896. The van der Waals surface area contributed by atoms with Crippen LogP contribution in [0.2, 0.25) is 23.0 Å². The molecule has 0 unspecified atom stereocenters. The van der Waals surface area contributed by atoms with Crippen molar-refractivity contribution in [3.63, 3.8) is 0 Å². The molecule has 5 heteroatoms. The van der Waals surface area contributed by atoms with Crippen molar-refractivity contribution in [2.24, 2.45) is 0 Å². The minimum atomic E-state index is -1.65. The van der Waals surface area contributed by atoms with Crippen molar-refractivity contribution in [2.45, 2.75) is 23.0 Å². The first-order valence-corrected chi connectivity index (χ1v) is 12.7. The third kappa shape index (κ3) is 7.01. The van der Waals surface area contributed by atoms with Crippen LogP contribution in [0.4, 0.5) is 0 Å². The van der Waals surface area contributed by atoms with Gasteiger partial charge in [0.25, 0.3) is 0 Å². The molecular weight excluding hydrogens is 255 g/mol. The molecule has 0 aliphatic carbocycles. The molecule has 0 heterocycles. The first-order valence-electron chi connectivity index (χ1n) is 3.02. The van der Waals surface area contributed by atoms with Gasteiger partial charge in [0.2, 0.25) is 0 Å². The van der Waals surface area contributed by atoms with E-state index in [-0.39, 0.29) is 5.48 Å². The first kappa shape index (κ1) is 13.5. The molecule has 0 saturated heterocycles. The van der Waals surface area contributed by atoms with Gasteiger partial charge in [-0.1, -0.05) is 0 Å². The van der Waals surface area contributed by atoms with Crippen LogP contribution in [0.3, 0.4) is 0 Å². The standard InChI is InChI=1S/C3H9O2Si.2CH3.H2O.Sn/c1-5-6(2,3)4;;;;/h1-3H3;2*1H3;1H2;/q-1;;;;+1. The van der Waals surface area contributed by atoms with E-state index >= 15 is 0 Å². The Morgan fingerprint density at radius 1 is 1.20 bits per heavy atom. The van der Waals surface area contributed by atoms with Crippen molar-refractivity contribution in [2.75, 3.05) is 7.11 Å². The van der Waals surface area contributed by atoms with Crippen molar-refractivity contribution < 1.29 is 12.7 Å². The second-order valence-corrected chi connectivity index (χ2v) is 13.0. The van der Waals surface area contributed by atoms with Crippen LogP contribution < -0.4 is 0 Å². The van der Waals surface area contributed by atoms with Gasteiger partial charge in [-0.05, 0) is 0 Å². The molecule has 0 spiro atoms. The predicted octanol–water partition coefficient (Wildman–Crippen LogP) is 0.778. The van der Waals surface area contributed by atoms with Crippen LogP contribution in [0.1, 0.15) is 0 Å². The second kappa shape index (κ2) is 5.53. The monoisotopic (exact) mass is 273 g/mol. The van der Waals surface area contributed by atoms with Crippen molar-refractivity contribution in [3.8, 4) is 0 Å². The third-order valence-electron chi connectivity index (χ3n) is 0.941. The van der Waals surface area contributed by atoms with Crippen molar-refractivity contribution in [3.05, 3.63) is 0 Å². The summed E-state index contributed by atoms with van der Waals surface area (Å²) in [5.74, 6) is 0. The Labute approximate surface area is 71.6 Å². The zero-order valence-electron chi connectivity index (χ0n) is 7.32. The van der Waals surface area contributed by atoms with Crippen LogP contribution >= 0.6 is 0 Å². The van der Waals surface area contributed by atoms with Gasteiger partial charge in [0.15, 0.2) is 0 Å². The van der Waals surface area contributed by atoms with Gasteiger partial charge in [-0.15, -0.1) is 0 Å². The van der Waals surface area contributed by atoms with Gasteiger partial charge < -0.3 is 5.48 Å². The summed E-state index contributed by atoms with van der Waals surface area (Å²) in [7, 11) is 0.0815. The molecular formula is C5H17O3SiSn. The molecule has 3 nitrogen and oxygen atoms in total. The molecule has 0 aromatic heterocycles. The Morgan fingerprint density at radius 2 is 1.60 bits per heavy atom. The van der Waals surface area contributed by atoms with E-state index in [1.807, 2.05) is 0 Å². The Kier molecular flexibility index (Phi) is 7.46. The first-order chi connectivity index (χ1) is 3.98. The fourth-order valence-corrected chi connectivity index (χ4v) is 10.7. The van der Waals surface area contributed by atoms with Crippen LogP contribution in [-0.2, 0) is 7.19 Å². The van der Waals surface area contributed by atoms with Crippen LogP contribution in [0, 0.1) is 0 Å². The van der Waals surface area contributed by atoms with E-state index < -0.39 is 28.7 Å². The smallest absolute Gasteiger partial charge is 0.412 e. The zero-order valence-corrected chi connectivity index (χ0v) is 11.2. The van der Waals surface area contributed by atoms with Gasteiger partial charge in [0, 0.05) is 0 Å². The Bertz CT molecular complexity index is 87.0. The minimum Gasteiger partial charge on any atom is -0.412 e. The van der Waals surface area contributed by atoms with Crippen LogP contribution in [0.5, 0.6) is 0 Å². The van der Waals surface area contributed by atoms with Crippen LogP contribution in [0.15, 0.2) is 0 Å². The molecule has 2 N–H and O–H groups in total. The molecule has 63 valence electrons. The van der Waals surface area contributed by atoms with Gasteiger partial charge in [-0.3, -0.25) is 0 Å². The Balaban J connectivity index is 0. The summed E-state index contributed by atoms with van der Waals surface area (Å²) in [5.41, 5.74) is 0. The van der Waals surface area contributed by atoms with E-state index in [0.29, 0.717) is 0 Å². The summed E-state index contributed by atoms with van der Waals surface area (Å²) in [5, 5.41) is 0. The van der Waals surface area contributed by atoms with Gasteiger partial charge in [0.05, 0.1) is 0 Å². The maximum atomic E-state index is 5.70. The molecule has 0 bridgehead atoms. The quantitative estimate of drug-likeness (QED) is 0.713. The molecule has 0 aromatic rings. The van der Waals surface area contributed by atoms with E-state index in [4.69, 9.17) is 7.19 Å². The molecule has 1 radical (unpaired) electrons. The van der Waals surface area contributed by atoms with Gasteiger partial charge >= 0.3 is 66.0 Å². The third-order valence-corrected chi connectivity index (χ3v) is 10.5. The van der Waals surface area contributed by atoms with Crippen molar-refractivity contribution in [1.29, 1.82) is 0 Å². The van der Waals surface area contributed by atoms with Gasteiger partial charge in [0.1, 0.15) is 0 Å². The molecule has 0 atom stereocenters. The summed E-state index contributed by atoms with van der Waals surface area (Å²) in [6, 6.07) is 0. The number of hydrogen-bond donors (Lipinski definition) is 0. The summed E-state index contributed by atoms with van der Waals surface area (Å²) in [4.78, 5) is 4.44. The maximum Gasteiger partial charge on any atom is -0.412 e. The summed E-state index contributed by atoms with van der Waals surface area (Å²) >= 11 is -1.36. The van der Waals surface area contributed by atoms with Gasteiger partial charge in [-0.2, -0.15) is 0 Å². The molecule has 0 amide bonds. The second-order valence-electron chi connectivity index (χ2n) is 2.61. The van der Waals surface area contributed by atoms with E-state index in [1.165, 1.54) is 0 Å². The molecule has 0 aliphatic rings. The summed E-state index contributed by atoms with van der Waals surface area (Å²) in [6.45, 7) is 4.17. The SMILES string of the molecule is CO[Si](C)(C)[O][Sn]([CH3])[CH3].O. The number of hydrogen-bond acceptors (Lipinski definition) is 2. The Morgan fingerprint density at radius 3 is 1.70 bits per heavy atom.